The third-order valence-electron chi connectivity index (χ3n) is 2.96. The van der Waals surface area contributed by atoms with Gasteiger partial charge in [-0.1, -0.05) is 18.2 Å². The van der Waals surface area contributed by atoms with Crippen molar-refractivity contribution in [3.63, 3.8) is 0 Å². The maximum absolute atomic E-state index is 11.9. The normalized spacial score (nSPS) is 9.64. The van der Waals surface area contributed by atoms with Crippen molar-refractivity contribution in [2.24, 2.45) is 0 Å². The van der Waals surface area contributed by atoms with Crippen molar-refractivity contribution >= 4 is 28.9 Å². The van der Waals surface area contributed by atoms with Crippen LogP contribution >= 0.6 is 0 Å². The number of carbonyl (C=O) groups is 2. The van der Waals surface area contributed by atoms with E-state index in [0.29, 0.717) is 11.4 Å². The van der Waals surface area contributed by atoms with Gasteiger partial charge in [-0.15, -0.1) is 0 Å². The number of nitrogens with two attached hydrogens (primary N) is 1. The van der Waals surface area contributed by atoms with Crippen LogP contribution in [-0.4, -0.2) is 11.8 Å². The van der Waals surface area contributed by atoms with E-state index in [4.69, 9.17) is 11.0 Å². The molecule has 0 bridgehead atoms. The molecule has 0 aliphatic heterocycles. The Labute approximate surface area is 127 Å². The number of nitriles is 1. The summed E-state index contributed by atoms with van der Waals surface area (Å²) >= 11 is 0. The molecule has 0 aliphatic rings. The summed E-state index contributed by atoms with van der Waals surface area (Å²) in [5, 5.41) is 13.8. The molecule has 22 heavy (non-hydrogen) atoms. The van der Waals surface area contributed by atoms with E-state index in [2.05, 4.69) is 10.6 Å². The van der Waals surface area contributed by atoms with Gasteiger partial charge in [0.2, 0.25) is 0 Å². The van der Waals surface area contributed by atoms with Gasteiger partial charge in [0.25, 0.3) is 0 Å². The lowest BCUT2D eigenvalue weighted by atomic mass is 10.2. The SMILES string of the molecule is Cc1ccc(NC(=O)C(=O)Nc2ccccc2C#N)c(N)c1. The molecule has 110 valence electrons. The second-order valence-corrected chi connectivity index (χ2v) is 4.66. The second-order valence-electron chi connectivity index (χ2n) is 4.66. The highest BCUT2D eigenvalue weighted by atomic mass is 16.2. The van der Waals surface area contributed by atoms with Crippen LogP contribution in [0.15, 0.2) is 42.5 Å². The van der Waals surface area contributed by atoms with Crippen LogP contribution in [0.2, 0.25) is 0 Å². The van der Waals surface area contributed by atoms with Crippen molar-refractivity contribution in [1.82, 2.24) is 0 Å². The number of nitrogens with one attached hydrogen (secondary N) is 2. The fourth-order valence-corrected chi connectivity index (χ4v) is 1.84. The van der Waals surface area contributed by atoms with Gasteiger partial charge >= 0.3 is 11.8 Å². The van der Waals surface area contributed by atoms with Crippen LogP contribution in [0, 0.1) is 18.3 Å². The molecule has 2 rings (SSSR count). The van der Waals surface area contributed by atoms with Crippen molar-refractivity contribution in [1.29, 1.82) is 5.26 Å². The van der Waals surface area contributed by atoms with Gasteiger partial charge in [0.1, 0.15) is 6.07 Å². The highest BCUT2D eigenvalue weighted by molar-refractivity contribution is 6.44. The first-order valence-electron chi connectivity index (χ1n) is 6.49. The molecule has 0 spiro atoms. The van der Waals surface area contributed by atoms with Crippen molar-refractivity contribution in [3.05, 3.63) is 53.6 Å². The largest absolute Gasteiger partial charge is 0.397 e. The smallest absolute Gasteiger partial charge is 0.314 e. The Balaban J connectivity index is 2.10. The summed E-state index contributed by atoms with van der Waals surface area (Å²) in [5.41, 5.74) is 8.02. The standard InChI is InChI=1S/C16H14N4O2/c1-10-6-7-14(12(18)8-10)20-16(22)15(21)19-13-5-3-2-4-11(13)9-17/h2-8H,18H2,1H3,(H,19,21)(H,20,22). The molecule has 2 aromatic carbocycles. The predicted octanol–water partition coefficient (Wildman–Crippen LogP) is 2.03. The summed E-state index contributed by atoms with van der Waals surface area (Å²) in [7, 11) is 0. The van der Waals surface area contributed by atoms with Crippen molar-refractivity contribution in [2.75, 3.05) is 16.4 Å². The van der Waals surface area contributed by atoms with Gasteiger partial charge in [-0.05, 0) is 36.8 Å². The zero-order chi connectivity index (χ0) is 16.1. The summed E-state index contributed by atoms with van der Waals surface area (Å²) in [4.78, 5) is 23.8. The monoisotopic (exact) mass is 294 g/mol. The molecule has 0 fully saturated rings. The van der Waals surface area contributed by atoms with Crippen LogP contribution in [0.4, 0.5) is 17.1 Å². The topological polar surface area (TPSA) is 108 Å². The Kier molecular flexibility index (Phi) is 4.39. The molecular weight excluding hydrogens is 280 g/mol. The lowest BCUT2D eigenvalue weighted by molar-refractivity contribution is -0.132. The van der Waals surface area contributed by atoms with Gasteiger partial charge in [-0.3, -0.25) is 9.59 Å². The molecular formula is C16H14N4O2. The Morgan fingerprint density at radius 1 is 1.05 bits per heavy atom. The van der Waals surface area contributed by atoms with Gasteiger partial charge in [0, 0.05) is 0 Å². The number of para-hydroxylation sites is 1. The predicted molar refractivity (Wildman–Crippen MR) is 84.0 cm³/mol. The third-order valence-corrected chi connectivity index (χ3v) is 2.96. The molecule has 0 aromatic heterocycles. The minimum Gasteiger partial charge on any atom is -0.397 e. The number of amides is 2. The fourth-order valence-electron chi connectivity index (χ4n) is 1.84. The molecule has 2 aromatic rings. The number of anilines is 3. The molecule has 0 radical (unpaired) electrons. The number of carbonyl (C=O) groups excluding carboxylic acids is 2. The minimum atomic E-state index is -0.873. The number of nitrogen functional groups attached to an aromatic ring is 1. The third kappa shape index (κ3) is 3.41. The highest BCUT2D eigenvalue weighted by Gasteiger charge is 2.16. The number of hydrogen-bond acceptors (Lipinski definition) is 4. The summed E-state index contributed by atoms with van der Waals surface area (Å²) in [5.74, 6) is -1.73. The van der Waals surface area contributed by atoms with Crippen LogP contribution in [0.1, 0.15) is 11.1 Å². The van der Waals surface area contributed by atoms with Crippen LogP contribution < -0.4 is 16.4 Å². The number of hydrogen-bond donors (Lipinski definition) is 3. The van der Waals surface area contributed by atoms with E-state index in [1.165, 1.54) is 0 Å². The summed E-state index contributed by atoms with van der Waals surface area (Å²) in [6.07, 6.45) is 0. The Bertz CT molecular complexity index is 778. The molecule has 0 saturated heterocycles. The first-order chi connectivity index (χ1) is 10.5. The quantitative estimate of drug-likeness (QED) is 0.581. The van der Waals surface area contributed by atoms with Crippen molar-refractivity contribution in [2.45, 2.75) is 6.92 Å². The van der Waals surface area contributed by atoms with Crippen LogP contribution in [0.5, 0.6) is 0 Å². The van der Waals surface area contributed by atoms with E-state index >= 15 is 0 Å². The van der Waals surface area contributed by atoms with Crippen LogP contribution in [-0.2, 0) is 9.59 Å². The first-order valence-corrected chi connectivity index (χ1v) is 6.49. The van der Waals surface area contributed by atoms with E-state index in [1.807, 2.05) is 13.0 Å². The van der Waals surface area contributed by atoms with Crippen molar-refractivity contribution < 1.29 is 9.59 Å². The summed E-state index contributed by atoms with van der Waals surface area (Å²) < 4.78 is 0. The number of rotatable bonds is 2. The van der Waals surface area contributed by atoms with Crippen LogP contribution in [0.3, 0.4) is 0 Å². The summed E-state index contributed by atoms with van der Waals surface area (Å²) in [6.45, 7) is 1.87. The van der Waals surface area contributed by atoms with E-state index < -0.39 is 11.8 Å². The van der Waals surface area contributed by atoms with Crippen molar-refractivity contribution in [3.8, 4) is 6.07 Å². The molecule has 4 N–H and O–H groups in total. The molecule has 0 unspecified atom stereocenters. The van der Waals surface area contributed by atoms with E-state index in [-0.39, 0.29) is 11.3 Å². The zero-order valence-electron chi connectivity index (χ0n) is 11.9. The fraction of sp³-hybridized carbons (Fsp3) is 0.0625. The molecule has 0 aliphatic carbocycles. The van der Waals surface area contributed by atoms with E-state index in [0.717, 1.165) is 5.56 Å². The van der Waals surface area contributed by atoms with E-state index in [9.17, 15) is 9.59 Å². The van der Waals surface area contributed by atoms with E-state index in [1.54, 1.807) is 42.5 Å². The van der Waals surface area contributed by atoms with Gasteiger partial charge in [0.15, 0.2) is 0 Å². The summed E-state index contributed by atoms with van der Waals surface area (Å²) in [6, 6.07) is 13.4. The molecule has 6 heteroatoms. The average molecular weight is 294 g/mol. The average Bonchev–Trinajstić information content (AvgIpc) is 2.50. The zero-order valence-corrected chi connectivity index (χ0v) is 11.9. The molecule has 0 heterocycles. The molecule has 0 saturated carbocycles. The molecule has 6 nitrogen and oxygen atoms in total. The molecule has 2 amide bonds. The Hall–Kier alpha value is -3.33. The second kappa shape index (κ2) is 6.41. The number of benzene rings is 2. The molecule has 0 atom stereocenters. The minimum absolute atomic E-state index is 0.276. The number of aryl methyl sites for hydroxylation is 1. The van der Waals surface area contributed by atoms with Gasteiger partial charge in [-0.2, -0.15) is 5.26 Å². The van der Waals surface area contributed by atoms with Gasteiger partial charge in [0.05, 0.1) is 22.6 Å². The number of nitrogens with zero attached hydrogens (tertiary/aromatic N) is 1. The lowest BCUT2D eigenvalue weighted by Gasteiger charge is -2.09. The van der Waals surface area contributed by atoms with Gasteiger partial charge in [-0.25, -0.2) is 0 Å². The Morgan fingerprint density at radius 3 is 2.32 bits per heavy atom. The lowest BCUT2D eigenvalue weighted by Crippen LogP contribution is -2.29. The highest BCUT2D eigenvalue weighted by Crippen LogP contribution is 2.19. The maximum Gasteiger partial charge on any atom is 0.314 e. The Morgan fingerprint density at radius 2 is 1.68 bits per heavy atom. The first kappa shape index (κ1) is 15.1. The maximum atomic E-state index is 11.9. The van der Waals surface area contributed by atoms with Gasteiger partial charge < -0.3 is 16.4 Å². The van der Waals surface area contributed by atoms with Crippen LogP contribution in [0.25, 0.3) is 0 Å².